The second kappa shape index (κ2) is 22.6. The van der Waals surface area contributed by atoms with Gasteiger partial charge in [0.05, 0.1) is 22.3 Å². The minimum Gasteiger partial charge on any atom is -0.507 e. The van der Waals surface area contributed by atoms with E-state index in [1.807, 2.05) is 0 Å². The first-order valence-electron chi connectivity index (χ1n) is 27.3. The molecule has 12 rings (SSSR count). The van der Waals surface area contributed by atoms with E-state index < -0.39 is 81.7 Å². The number of hydrogen-bond donors (Lipinski definition) is 2. The molecule has 4 nitrogen and oxygen atoms in total. The van der Waals surface area contributed by atoms with E-state index in [4.69, 9.17) is 9.98 Å². The molecule has 0 heterocycles. The van der Waals surface area contributed by atoms with E-state index in [0.717, 1.165) is 0 Å². The van der Waals surface area contributed by atoms with Crippen LogP contribution in [0, 0.1) is 0 Å². The molecule has 0 aliphatic heterocycles. The second-order valence-corrected chi connectivity index (χ2v) is 21.1. The molecule has 12 aromatic rings. The number of phenolic OH excluding ortho intramolecular Hbond substituents is 2. The Hall–Kier alpha value is -10.2. The standard InChI is InChI=1S/C72H44F12N2O2/c73-69(74,75)51-33-47(34-52(37-51)70(76,77)78)59-29-27-41-15-7-11-23-55(41)61(59)63-57-25-13-9-21-45(57)31-49(67(63)87)39-85-65(43-17-3-1-4-18-43)66(44-19-5-2-6-20-44)86-40-50-32-46-22-10-14-26-58(46)64(68(50)88)62-56-24-12-8-16-42(56)28-30-60(62)48-35-53(71(79,80)81)38-54(36-48)72(82,83)84/h1-40,65-66,87-88H. The molecule has 16 heteroatoms. The Bertz CT molecular complexity index is 4360. The number of nitrogens with zero attached hydrogens (tertiary/aromatic N) is 2. The first kappa shape index (κ1) is 58.2. The molecule has 0 aliphatic rings. The summed E-state index contributed by atoms with van der Waals surface area (Å²) in [7, 11) is 0. The summed E-state index contributed by atoms with van der Waals surface area (Å²) >= 11 is 0. The lowest BCUT2D eigenvalue weighted by molar-refractivity contribution is -0.144. The Balaban J connectivity index is 1.05. The van der Waals surface area contributed by atoms with Crippen LogP contribution in [0.25, 0.3) is 87.6 Å². The van der Waals surface area contributed by atoms with Crippen LogP contribution in [0.5, 0.6) is 11.5 Å². The summed E-state index contributed by atoms with van der Waals surface area (Å²) in [4.78, 5) is 10.3. The van der Waals surface area contributed by atoms with E-state index in [2.05, 4.69) is 0 Å². The lowest BCUT2D eigenvalue weighted by Gasteiger charge is -2.23. The minimum absolute atomic E-state index is 0.0338. The number of alkyl halides is 12. The SMILES string of the molecule is Oc1c(C=NC(c2ccccc2)C(N=Cc2cc3ccccc3c(-c3c(-c4cc(C(F)(F)F)cc(C(F)(F)F)c4)ccc4ccccc34)c2O)c2ccccc2)cc2ccccc2c1-c1c(-c2cc(C(F)(F)F)cc(C(F)(F)F)c2)ccc2ccccc12. The third kappa shape index (κ3) is 11.3. The number of halogens is 12. The normalized spacial score (nSPS) is 13.4. The molecule has 0 amide bonds. The number of phenols is 2. The van der Waals surface area contributed by atoms with Crippen molar-refractivity contribution in [2.75, 3.05) is 0 Å². The molecule has 0 aliphatic carbocycles. The van der Waals surface area contributed by atoms with Crippen molar-refractivity contribution >= 4 is 55.5 Å². The molecule has 0 spiro atoms. The zero-order chi connectivity index (χ0) is 61.9. The highest BCUT2D eigenvalue weighted by Crippen LogP contribution is 2.51. The Kier molecular flexibility index (Phi) is 14.9. The van der Waals surface area contributed by atoms with Crippen molar-refractivity contribution in [1.82, 2.24) is 0 Å². The predicted molar refractivity (Wildman–Crippen MR) is 322 cm³/mol. The van der Waals surface area contributed by atoms with Crippen molar-refractivity contribution in [3.63, 3.8) is 0 Å². The van der Waals surface area contributed by atoms with E-state index in [-0.39, 0.29) is 56.6 Å². The lowest BCUT2D eigenvalue weighted by atomic mass is 9.85. The minimum atomic E-state index is -5.16. The van der Waals surface area contributed by atoms with E-state index in [1.54, 1.807) is 182 Å². The van der Waals surface area contributed by atoms with Crippen molar-refractivity contribution in [2.24, 2.45) is 9.98 Å². The van der Waals surface area contributed by atoms with Crippen LogP contribution in [0.15, 0.2) is 241 Å². The van der Waals surface area contributed by atoms with Gasteiger partial charge in [-0.05, 0) is 125 Å². The molecule has 0 fully saturated rings. The van der Waals surface area contributed by atoms with E-state index in [9.17, 15) is 62.9 Å². The fourth-order valence-corrected chi connectivity index (χ4v) is 11.5. The summed E-state index contributed by atoms with van der Waals surface area (Å²) in [5.74, 6) is -0.813. The molecule has 438 valence electrons. The fraction of sp³-hybridized carbons (Fsp3) is 0.0833. The summed E-state index contributed by atoms with van der Waals surface area (Å²) in [5.41, 5.74) is -5.07. The summed E-state index contributed by atoms with van der Waals surface area (Å²) in [5, 5.41) is 29.4. The number of aromatic hydroxyl groups is 2. The van der Waals surface area contributed by atoms with Gasteiger partial charge < -0.3 is 10.2 Å². The van der Waals surface area contributed by atoms with Gasteiger partial charge in [0.25, 0.3) is 0 Å². The van der Waals surface area contributed by atoms with Gasteiger partial charge in [-0.1, -0.05) is 182 Å². The van der Waals surface area contributed by atoms with Crippen molar-refractivity contribution < 1.29 is 62.9 Å². The Morgan fingerprint density at radius 2 is 0.580 bits per heavy atom. The maximum absolute atomic E-state index is 14.5. The van der Waals surface area contributed by atoms with E-state index in [0.29, 0.717) is 78.5 Å². The zero-order valence-electron chi connectivity index (χ0n) is 45.6. The molecule has 0 aromatic heterocycles. The lowest BCUT2D eigenvalue weighted by Crippen LogP contribution is -2.11. The highest BCUT2D eigenvalue weighted by atomic mass is 19.4. The zero-order valence-corrected chi connectivity index (χ0v) is 45.6. The van der Waals surface area contributed by atoms with Crippen molar-refractivity contribution in [3.05, 3.63) is 275 Å². The molecular formula is C72H44F12N2O2. The van der Waals surface area contributed by atoms with Crippen LogP contribution >= 0.6 is 0 Å². The third-order valence-electron chi connectivity index (χ3n) is 15.6. The van der Waals surface area contributed by atoms with Gasteiger partial charge in [0.15, 0.2) is 0 Å². The average Bonchev–Trinajstić information content (AvgIpc) is 0.792. The molecule has 88 heavy (non-hydrogen) atoms. The van der Waals surface area contributed by atoms with Gasteiger partial charge in [0, 0.05) is 45.8 Å². The van der Waals surface area contributed by atoms with Gasteiger partial charge in [-0.15, -0.1) is 0 Å². The monoisotopic (exact) mass is 1200 g/mol. The van der Waals surface area contributed by atoms with Crippen LogP contribution in [0.3, 0.4) is 0 Å². The maximum atomic E-state index is 14.5. The number of fused-ring (bicyclic) bond motifs is 4. The van der Waals surface area contributed by atoms with E-state index in [1.165, 1.54) is 24.6 Å². The van der Waals surface area contributed by atoms with Crippen LogP contribution in [-0.2, 0) is 24.7 Å². The highest BCUT2D eigenvalue weighted by Gasteiger charge is 2.39. The molecule has 0 saturated heterocycles. The summed E-state index contributed by atoms with van der Waals surface area (Å²) < 4.78 is 174. The number of rotatable bonds is 11. The first-order chi connectivity index (χ1) is 42.0. The molecule has 0 bridgehead atoms. The third-order valence-corrected chi connectivity index (χ3v) is 15.6. The number of benzene rings is 12. The molecule has 0 radical (unpaired) electrons. The number of hydrogen-bond acceptors (Lipinski definition) is 4. The summed E-state index contributed by atoms with van der Waals surface area (Å²) in [6.07, 6.45) is -17.8. The van der Waals surface area contributed by atoms with Crippen LogP contribution in [0.2, 0.25) is 0 Å². The second-order valence-electron chi connectivity index (χ2n) is 21.1. The van der Waals surface area contributed by atoms with Crippen LogP contribution in [0.1, 0.15) is 56.6 Å². The van der Waals surface area contributed by atoms with Crippen LogP contribution < -0.4 is 0 Å². The molecule has 2 N–H and O–H groups in total. The molecule has 2 atom stereocenters. The number of aliphatic imine (C=N–C) groups is 2. The van der Waals surface area contributed by atoms with Crippen LogP contribution in [-0.4, -0.2) is 22.6 Å². The first-order valence-corrected chi connectivity index (χ1v) is 27.3. The summed E-state index contributed by atoms with van der Waals surface area (Å²) in [6.45, 7) is 0. The molecule has 12 aromatic carbocycles. The Morgan fingerprint density at radius 1 is 0.295 bits per heavy atom. The van der Waals surface area contributed by atoms with E-state index >= 15 is 0 Å². The largest absolute Gasteiger partial charge is 0.507 e. The van der Waals surface area contributed by atoms with Crippen molar-refractivity contribution in [3.8, 4) is 56.0 Å². The van der Waals surface area contributed by atoms with Gasteiger partial charge in [-0.2, -0.15) is 52.7 Å². The molecule has 2 unspecified atom stereocenters. The summed E-state index contributed by atoms with van der Waals surface area (Å²) in [6, 6.07) is 55.2. The quantitative estimate of drug-likeness (QED) is 0.100. The predicted octanol–water partition coefficient (Wildman–Crippen LogP) is 21.5. The van der Waals surface area contributed by atoms with Gasteiger partial charge in [0.2, 0.25) is 0 Å². The van der Waals surface area contributed by atoms with Gasteiger partial charge in [-0.3, -0.25) is 9.98 Å². The fourth-order valence-electron chi connectivity index (χ4n) is 11.5. The van der Waals surface area contributed by atoms with Crippen molar-refractivity contribution in [2.45, 2.75) is 36.8 Å². The topological polar surface area (TPSA) is 65.2 Å². The van der Waals surface area contributed by atoms with Crippen LogP contribution in [0.4, 0.5) is 52.7 Å². The smallest absolute Gasteiger partial charge is 0.416 e. The molecule has 0 saturated carbocycles. The van der Waals surface area contributed by atoms with Gasteiger partial charge >= 0.3 is 24.7 Å². The molecular weight excluding hydrogens is 1150 g/mol. The van der Waals surface area contributed by atoms with Gasteiger partial charge in [-0.25, -0.2) is 0 Å². The Labute approximate surface area is 494 Å². The van der Waals surface area contributed by atoms with Gasteiger partial charge in [0.1, 0.15) is 23.6 Å². The Morgan fingerprint density at radius 3 is 0.898 bits per heavy atom. The van der Waals surface area contributed by atoms with Crippen molar-refractivity contribution in [1.29, 1.82) is 0 Å². The highest BCUT2D eigenvalue weighted by molar-refractivity contribution is 6.16. The average molecular weight is 1200 g/mol. The maximum Gasteiger partial charge on any atom is 0.416 e.